The molecule has 1 N–H and O–H groups in total. The molecule has 1 aliphatic heterocycles. The van der Waals surface area contributed by atoms with E-state index in [4.69, 9.17) is 9.47 Å². The molecular formula is C26H29N3O5S. The van der Waals surface area contributed by atoms with Crippen molar-refractivity contribution in [1.82, 2.24) is 4.90 Å². The maximum absolute atomic E-state index is 12.7. The van der Waals surface area contributed by atoms with Crippen LogP contribution in [-0.2, 0) is 14.8 Å². The summed E-state index contributed by atoms with van der Waals surface area (Å²) < 4.78 is 38.9. The minimum absolute atomic E-state index is 0.0961. The predicted molar refractivity (Wildman–Crippen MR) is 136 cm³/mol. The molecule has 3 aromatic rings. The van der Waals surface area contributed by atoms with Gasteiger partial charge in [-0.25, -0.2) is 8.42 Å². The third-order valence-corrected chi connectivity index (χ3v) is 7.28. The lowest BCUT2D eigenvalue weighted by Crippen LogP contribution is -2.50. The summed E-state index contributed by atoms with van der Waals surface area (Å²) in [5, 5.41) is 0. The molecule has 0 atom stereocenters. The zero-order valence-corrected chi connectivity index (χ0v) is 20.6. The number of hydrogen-bond acceptors (Lipinski definition) is 6. The molecule has 0 bridgehead atoms. The maximum Gasteiger partial charge on any atom is 0.261 e. The Morgan fingerprint density at radius 3 is 2.26 bits per heavy atom. The lowest BCUT2D eigenvalue weighted by Gasteiger charge is -2.36. The summed E-state index contributed by atoms with van der Waals surface area (Å²) in [6.45, 7) is 4.34. The van der Waals surface area contributed by atoms with Crippen molar-refractivity contribution in [3.8, 4) is 11.5 Å². The van der Waals surface area contributed by atoms with Crippen LogP contribution in [0, 0.1) is 6.92 Å². The second-order valence-corrected chi connectivity index (χ2v) is 9.94. The van der Waals surface area contributed by atoms with Crippen LogP contribution in [-0.4, -0.2) is 59.1 Å². The van der Waals surface area contributed by atoms with Crippen LogP contribution < -0.4 is 19.1 Å². The molecule has 1 fully saturated rings. The SMILES string of the molecule is COc1ccc(N2CCN(C(=O)COc3ccc(S(=O)(=O)Nc4ccccc4)cc3C)CC2)cc1. The average molecular weight is 496 g/mol. The van der Waals surface area contributed by atoms with Crippen molar-refractivity contribution in [2.45, 2.75) is 11.8 Å². The molecule has 0 spiro atoms. The minimum Gasteiger partial charge on any atom is -0.497 e. The summed E-state index contributed by atoms with van der Waals surface area (Å²) in [6, 6.07) is 21.2. The van der Waals surface area contributed by atoms with E-state index in [1.54, 1.807) is 55.3 Å². The van der Waals surface area contributed by atoms with Gasteiger partial charge < -0.3 is 19.3 Å². The summed E-state index contributed by atoms with van der Waals surface area (Å²) in [4.78, 5) is 16.9. The molecule has 0 aliphatic carbocycles. The van der Waals surface area contributed by atoms with E-state index in [2.05, 4.69) is 9.62 Å². The Morgan fingerprint density at radius 1 is 0.943 bits per heavy atom. The quantitative estimate of drug-likeness (QED) is 0.514. The van der Waals surface area contributed by atoms with Gasteiger partial charge in [0.05, 0.1) is 12.0 Å². The third-order valence-electron chi connectivity index (χ3n) is 5.90. The summed E-state index contributed by atoms with van der Waals surface area (Å²) in [6.07, 6.45) is 0. The zero-order chi connectivity index (χ0) is 24.8. The number of aryl methyl sites for hydroxylation is 1. The summed E-state index contributed by atoms with van der Waals surface area (Å²) in [5.74, 6) is 1.20. The molecule has 1 heterocycles. The first-order valence-corrected chi connectivity index (χ1v) is 12.8. The largest absolute Gasteiger partial charge is 0.497 e. The standard InChI is InChI=1S/C26H29N3O5S/c1-20-18-24(35(31,32)27-21-6-4-3-5-7-21)12-13-25(20)34-19-26(30)29-16-14-28(15-17-29)22-8-10-23(33-2)11-9-22/h3-13,18,27H,14-17,19H2,1-2H3. The number of benzene rings is 3. The van der Waals surface area contributed by atoms with E-state index in [0.29, 0.717) is 30.1 Å². The van der Waals surface area contributed by atoms with Gasteiger partial charge in [-0.15, -0.1) is 0 Å². The fourth-order valence-electron chi connectivity index (χ4n) is 3.91. The maximum atomic E-state index is 12.7. The van der Waals surface area contributed by atoms with Gasteiger partial charge in [-0.1, -0.05) is 18.2 Å². The lowest BCUT2D eigenvalue weighted by atomic mass is 10.2. The summed E-state index contributed by atoms with van der Waals surface area (Å²) in [5.41, 5.74) is 2.22. The Balaban J connectivity index is 1.30. The van der Waals surface area contributed by atoms with Crippen molar-refractivity contribution < 1.29 is 22.7 Å². The van der Waals surface area contributed by atoms with Crippen molar-refractivity contribution in [2.24, 2.45) is 0 Å². The Kier molecular flexibility index (Phi) is 7.45. The molecule has 0 unspecified atom stereocenters. The van der Waals surface area contributed by atoms with Crippen LogP contribution in [0.2, 0.25) is 0 Å². The number of nitrogens with one attached hydrogen (secondary N) is 1. The van der Waals surface area contributed by atoms with Crippen molar-refractivity contribution in [3.05, 3.63) is 78.4 Å². The molecule has 0 radical (unpaired) electrons. The average Bonchev–Trinajstić information content (AvgIpc) is 2.88. The number of anilines is 2. The van der Waals surface area contributed by atoms with E-state index >= 15 is 0 Å². The number of methoxy groups -OCH3 is 1. The molecule has 9 heteroatoms. The van der Waals surface area contributed by atoms with Gasteiger partial charge in [0.25, 0.3) is 15.9 Å². The van der Waals surface area contributed by atoms with Crippen LogP contribution in [0.4, 0.5) is 11.4 Å². The number of para-hydroxylation sites is 1. The van der Waals surface area contributed by atoms with E-state index in [-0.39, 0.29) is 17.4 Å². The number of rotatable bonds is 8. The number of hydrogen-bond donors (Lipinski definition) is 1. The fourth-order valence-corrected chi connectivity index (χ4v) is 5.05. The van der Waals surface area contributed by atoms with E-state index in [1.807, 2.05) is 30.3 Å². The van der Waals surface area contributed by atoms with Gasteiger partial charge in [0.2, 0.25) is 0 Å². The number of ether oxygens (including phenoxy) is 2. The topological polar surface area (TPSA) is 88.2 Å². The first-order chi connectivity index (χ1) is 16.9. The van der Waals surface area contributed by atoms with Crippen molar-refractivity contribution in [3.63, 3.8) is 0 Å². The Morgan fingerprint density at radius 2 is 1.63 bits per heavy atom. The van der Waals surface area contributed by atoms with E-state index < -0.39 is 10.0 Å². The molecule has 1 saturated heterocycles. The smallest absolute Gasteiger partial charge is 0.261 e. The highest BCUT2D eigenvalue weighted by molar-refractivity contribution is 7.92. The Bertz CT molecular complexity index is 1260. The van der Waals surface area contributed by atoms with Crippen LogP contribution in [0.5, 0.6) is 11.5 Å². The minimum atomic E-state index is -3.73. The number of amides is 1. The molecule has 184 valence electrons. The Labute approximate surface area is 206 Å². The summed E-state index contributed by atoms with van der Waals surface area (Å²) >= 11 is 0. The molecular weight excluding hydrogens is 466 g/mol. The van der Waals surface area contributed by atoms with Gasteiger partial charge in [0.15, 0.2) is 6.61 Å². The van der Waals surface area contributed by atoms with Gasteiger partial charge in [0, 0.05) is 37.6 Å². The molecule has 35 heavy (non-hydrogen) atoms. The van der Waals surface area contributed by atoms with Crippen LogP contribution in [0.3, 0.4) is 0 Å². The van der Waals surface area contributed by atoms with Gasteiger partial charge >= 0.3 is 0 Å². The van der Waals surface area contributed by atoms with Crippen LogP contribution in [0.15, 0.2) is 77.7 Å². The molecule has 3 aromatic carbocycles. The monoisotopic (exact) mass is 495 g/mol. The molecule has 8 nitrogen and oxygen atoms in total. The van der Waals surface area contributed by atoms with Crippen molar-refractivity contribution in [1.29, 1.82) is 0 Å². The summed E-state index contributed by atoms with van der Waals surface area (Å²) in [7, 11) is -2.08. The van der Waals surface area contributed by atoms with E-state index in [9.17, 15) is 13.2 Å². The highest BCUT2D eigenvalue weighted by Crippen LogP contribution is 2.24. The van der Waals surface area contributed by atoms with Crippen LogP contribution >= 0.6 is 0 Å². The second kappa shape index (κ2) is 10.7. The highest BCUT2D eigenvalue weighted by atomic mass is 32.2. The molecule has 4 rings (SSSR count). The first-order valence-electron chi connectivity index (χ1n) is 11.3. The molecule has 0 aromatic heterocycles. The highest BCUT2D eigenvalue weighted by Gasteiger charge is 2.22. The Hall–Kier alpha value is -3.72. The number of sulfonamides is 1. The van der Waals surface area contributed by atoms with Gasteiger partial charge in [-0.3, -0.25) is 9.52 Å². The van der Waals surface area contributed by atoms with Gasteiger partial charge in [-0.05, 0) is 67.1 Å². The fraction of sp³-hybridized carbons (Fsp3) is 0.269. The van der Waals surface area contributed by atoms with Gasteiger partial charge in [-0.2, -0.15) is 0 Å². The van der Waals surface area contributed by atoms with E-state index in [1.165, 1.54) is 6.07 Å². The van der Waals surface area contributed by atoms with E-state index in [0.717, 1.165) is 24.5 Å². The molecule has 1 aliphatic rings. The van der Waals surface area contributed by atoms with Gasteiger partial charge in [0.1, 0.15) is 11.5 Å². The van der Waals surface area contributed by atoms with Crippen LogP contribution in [0.25, 0.3) is 0 Å². The zero-order valence-electron chi connectivity index (χ0n) is 19.8. The number of piperazine rings is 1. The number of carbonyl (C=O) groups is 1. The normalized spacial score (nSPS) is 13.9. The lowest BCUT2D eigenvalue weighted by molar-refractivity contribution is -0.133. The third kappa shape index (κ3) is 6.05. The first kappa shape index (κ1) is 24.4. The number of carbonyl (C=O) groups excluding carboxylic acids is 1. The van der Waals surface area contributed by atoms with Crippen molar-refractivity contribution >= 4 is 27.3 Å². The van der Waals surface area contributed by atoms with Crippen LogP contribution in [0.1, 0.15) is 5.56 Å². The predicted octanol–water partition coefficient (Wildman–Crippen LogP) is 3.53. The second-order valence-electron chi connectivity index (χ2n) is 8.25. The number of nitrogens with zero attached hydrogens (tertiary/aromatic N) is 2. The van der Waals surface area contributed by atoms with Crippen molar-refractivity contribution in [2.75, 3.05) is 49.5 Å². The molecule has 1 amide bonds. The molecule has 0 saturated carbocycles.